The molecule has 0 N–H and O–H groups in total. The first-order chi connectivity index (χ1) is 9.15. The van der Waals surface area contributed by atoms with Gasteiger partial charge >= 0.3 is 0 Å². The van der Waals surface area contributed by atoms with Crippen LogP contribution in [-0.4, -0.2) is 43.7 Å². The van der Waals surface area contributed by atoms with E-state index in [1.54, 1.807) is 0 Å². The van der Waals surface area contributed by atoms with E-state index in [1.807, 2.05) is 0 Å². The number of ether oxygens (including phenoxy) is 1. The van der Waals surface area contributed by atoms with Crippen LogP contribution in [0.2, 0.25) is 18.1 Å². The first-order valence-corrected chi connectivity index (χ1v) is 10.7. The van der Waals surface area contributed by atoms with Gasteiger partial charge in [0.25, 0.3) is 0 Å². The zero-order chi connectivity index (χ0) is 15.1. The first kappa shape index (κ1) is 16.1. The molecule has 0 unspecified atom stereocenters. The number of rotatable bonds is 3. The van der Waals surface area contributed by atoms with Gasteiger partial charge in [0, 0.05) is 6.54 Å². The van der Waals surface area contributed by atoms with Crippen molar-refractivity contribution in [1.82, 2.24) is 4.90 Å². The summed E-state index contributed by atoms with van der Waals surface area (Å²) in [5.74, 6) is 0.221. The van der Waals surface area contributed by atoms with E-state index in [2.05, 4.69) is 57.8 Å². The summed E-state index contributed by atoms with van der Waals surface area (Å²) >= 11 is 5.57. The molecule has 3 nitrogen and oxygen atoms in total. The molecule has 2 rings (SSSR count). The molecule has 0 aliphatic carbocycles. The monoisotopic (exact) mass is 313 g/mol. The third-order valence-electron chi connectivity index (χ3n) is 4.81. The van der Waals surface area contributed by atoms with Gasteiger partial charge < -0.3 is 14.1 Å². The SMILES string of the molecule is C[C@@H](O[Si](C)(C)C(C)(C)C)[C@H]1C(=S)N2CC=CCO[C@H]12. The van der Waals surface area contributed by atoms with Crippen LogP contribution in [0.15, 0.2) is 12.2 Å². The average Bonchev–Trinajstić information content (AvgIpc) is 2.49. The molecule has 3 atom stereocenters. The van der Waals surface area contributed by atoms with Gasteiger partial charge in [0.2, 0.25) is 0 Å². The molecule has 0 aromatic rings. The minimum Gasteiger partial charge on any atom is -0.413 e. The molecule has 2 heterocycles. The highest BCUT2D eigenvalue weighted by Crippen LogP contribution is 2.41. The molecule has 1 saturated heterocycles. The summed E-state index contributed by atoms with van der Waals surface area (Å²) in [5, 5.41) is 0.220. The zero-order valence-electron chi connectivity index (χ0n) is 13.5. The first-order valence-electron chi connectivity index (χ1n) is 7.40. The average molecular weight is 314 g/mol. The maximum Gasteiger partial charge on any atom is 0.192 e. The van der Waals surface area contributed by atoms with Crippen LogP contribution in [0.25, 0.3) is 0 Å². The van der Waals surface area contributed by atoms with Gasteiger partial charge in [-0.2, -0.15) is 0 Å². The number of thiocarbonyl (C=S) groups is 1. The van der Waals surface area contributed by atoms with Crippen molar-refractivity contribution in [2.24, 2.45) is 5.92 Å². The summed E-state index contributed by atoms with van der Waals surface area (Å²) in [6.45, 7) is 15.1. The maximum absolute atomic E-state index is 6.49. The molecule has 0 bridgehead atoms. The second-order valence-electron chi connectivity index (χ2n) is 7.29. The lowest BCUT2D eigenvalue weighted by atomic mass is 9.91. The minimum absolute atomic E-state index is 0.0947. The highest BCUT2D eigenvalue weighted by molar-refractivity contribution is 7.80. The van der Waals surface area contributed by atoms with Crippen molar-refractivity contribution in [1.29, 1.82) is 0 Å². The van der Waals surface area contributed by atoms with Crippen LogP contribution in [0, 0.1) is 5.92 Å². The standard InChI is InChI=1S/C15H27NO2SSi/c1-11(18-20(5,6)15(2,3)4)12-13-16(14(12)19)9-7-8-10-17-13/h7-8,11-13H,9-10H2,1-6H3/t11-,12-,13-/m1/s1. The molecule has 5 heteroatoms. The van der Waals surface area contributed by atoms with E-state index in [0.29, 0.717) is 6.61 Å². The largest absolute Gasteiger partial charge is 0.413 e. The van der Waals surface area contributed by atoms with Gasteiger partial charge in [-0.15, -0.1) is 0 Å². The van der Waals surface area contributed by atoms with Crippen LogP contribution in [0.4, 0.5) is 0 Å². The molecule has 114 valence electrons. The van der Waals surface area contributed by atoms with Gasteiger partial charge in [-0.3, -0.25) is 0 Å². The third kappa shape index (κ3) is 2.86. The summed E-state index contributed by atoms with van der Waals surface area (Å²) in [4.78, 5) is 3.16. The quantitative estimate of drug-likeness (QED) is 0.451. The van der Waals surface area contributed by atoms with Gasteiger partial charge in [0.1, 0.15) is 6.23 Å². The minimum atomic E-state index is -1.76. The van der Waals surface area contributed by atoms with E-state index in [-0.39, 0.29) is 23.3 Å². The van der Waals surface area contributed by atoms with Gasteiger partial charge in [-0.25, -0.2) is 0 Å². The van der Waals surface area contributed by atoms with Crippen molar-refractivity contribution in [3.05, 3.63) is 12.2 Å². The molecule has 0 radical (unpaired) electrons. The molecule has 0 aromatic heterocycles. The zero-order valence-corrected chi connectivity index (χ0v) is 15.3. The van der Waals surface area contributed by atoms with Crippen LogP contribution >= 0.6 is 12.2 Å². The van der Waals surface area contributed by atoms with Crippen LogP contribution in [0.1, 0.15) is 27.7 Å². The van der Waals surface area contributed by atoms with Crippen LogP contribution in [0.5, 0.6) is 0 Å². The molecule has 0 saturated carbocycles. The van der Waals surface area contributed by atoms with Crippen molar-refractivity contribution >= 4 is 25.5 Å². The van der Waals surface area contributed by atoms with Crippen molar-refractivity contribution in [2.45, 2.75) is 58.2 Å². The predicted octanol–water partition coefficient (Wildman–Crippen LogP) is 3.57. The Morgan fingerprint density at radius 2 is 2.05 bits per heavy atom. The fourth-order valence-corrected chi connectivity index (χ4v) is 4.41. The Balaban J connectivity index is 2.04. The van der Waals surface area contributed by atoms with Gasteiger partial charge in [0.15, 0.2) is 8.32 Å². The third-order valence-corrected chi connectivity index (χ3v) is 9.89. The summed E-state index contributed by atoms with van der Waals surface area (Å²) in [5.41, 5.74) is 0. The van der Waals surface area contributed by atoms with Crippen LogP contribution < -0.4 is 0 Å². The molecule has 0 spiro atoms. The maximum atomic E-state index is 6.49. The van der Waals surface area contributed by atoms with E-state index in [9.17, 15) is 0 Å². The van der Waals surface area contributed by atoms with E-state index in [0.717, 1.165) is 11.5 Å². The van der Waals surface area contributed by atoms with Crippen molar-refractivity contribution < 1.29 is 9.16 Å². The summed E-state index contributed by atoms with van der Waals surface area (Å²) in [7, 11) is -1.76. The molecule has 0 amide bonds. The van der Waals surface area contributed by atoms with Crippen LogP contribution in [-0.2, 0) is 9.16 Å². The van der Waals surface area contributed by atoms with E-state index in [1.165, 1.54) is 0 Å². The number of hydrogen-bond donors (Lipinski definition) is 0. The van der Waals surface area contributed by atoms with Crippen LogP contribution in [0.3, 0.4) is 0 Å². The fourth-order valence-electron chi connectivity index (χ4n) is 2.50. The smallest absolute Gasteiger partial charge is 0.192 e. The van der Waals surface area contributed by atoms with Crippen molar-refractivity contribution in [3.63, 3.8) is 0 Å². The Bertz CT molecular complexity index is 417. The lowest BCUT2D eigenvalue weighted by molar-refractivity contribution is -0.0932. The topological polar surface area (TPSA) is 21.7 Å². The molecular weight excluding hydrogens is 286 g/mol. The Kier molecular flexibility index (Phi) is 4.45. The van der Waals surface area contributed by atoms with Crippen molar-refractivity contribution in [3.8, 4) is 0 Å². The van der Waals surface area contributed by atoms with E-state index < -0.39 is 8.32 Å². The second-order valence-corrected chi connectivity index (χ2v) is 12.5. The molecule has 0 aromatic carbocycles. The summed E-state index contributed by atoms with van der Waals surface area (Å²) in [6.07, 6.45) is 4.42. The lowest BCUT2D eigenvalue weighted by Crippen LogP contribution is -2.65. The highest BCUT2D eigenvalue weighted by Gasteiger charge is 2.50. The molecule has 20 heavy (non-hydrogen) atoms. The fraction of sp³-hybridized carbons (Fsp3) is 0.800. The molecule has 1 fully saturated rings. The number of nitrogens with zero attached hydrogens (tertiary/aromatic N) is 1. The molecule has 2 aliphatic heterocycles. The Morgan fingerprint density at radius 3 is 2.65 bits per heavy atom. The summed E-state index contributed by atoms with van der Waals surface area (Å²) < 4.78 is 12.4. The Hall–Kier alpha value is -0.233. The Morgan fingerprint density at radius 1 is 1.40 bits per heavy atom. The molecular formula is C15H27NO2SSi. The number of hydrogen-bond acceptors (Lipinski definition) is 3. The molecule has 2 aliphatic rings. The Labute approximate surface area is 129 Å². The van der Waals surface area contributed by atoms with Crippen molar-refractivity contribution in [2.75, 3.05) is 13.2 Å². The summed E-state index contributed by atoms with van der Waals surface area (Å²) in [6, 6.07) is 0. The van der Waals surface area contributed by atoms with E-state index >= 15 is 0 Å². The van der Waals surface area contributed by atoms with E-state index in [4.69, 9.17) is 21.4 Å². The highest BCUT2D eigenvalue weighted by atomic mass is 32.1. The van der Waals surface area contributed by atoms with Gasteiger partial charge in [0.05, 0.1) is 23.6 Å². The van der Waals surface area contributed by atoms with Gasteiger partial charge in [-0.05, 0) is 25.1 Å². The second kappa shape index (κ2) is 5.52. The number of fused-ring (bicyclic) bond motifs is 1. The predicted molar refractivity (Wildman–Crippen MR) is 89.4 cm³/mol. The normalized spacial score (nSPS) is 28.7. The van der Waals surface area contributed by atoms with Gasteiger partial charge in [-0.1, -0.05) is 45.1 Å². The lowest BCUT2D eigenvalue weighted by Gasteiger charge is -2.52.